The average Bonchev–Trinajstić information content (AvgIpc) is 3.19. The number of fused-ring (bicyclic) bond motifs is 1. The number of aliphatic hydroxyl groups is 4. The SMILES string of the molecule is OC[C@H]1O[C@@H](n2cnc3c(N[C@H]4CCCC[C@@H]4O)ncnc32)[C@H](O)[C@@H]1O. The molecule has 4 rings (SSSR count). The molecule has 10 heteroatoms. The molecule has 10 nitrogen and oxygen atoms in total. The van der Waals surface area contributed by atoms with Crippen LogP contribution in [0, 0.1) is 0 Å². The van der Waals surface area contributed by atoms with E-state index < -0.39 is 37.3 Å². The largest absolute Gasteiger partial charge is 0.394 e. The second-order valence-electron chi connectivity index (χ2n) is 6.88. The number of aliphatic hydroxyl groups excluding tert-OH is 4. The van der Waals surface area contributed by atoms with Gasteiger partial charge in [-0.2, -0.15) is 0 Å². The van der Waals surface area contributed by atoms with Crippen molar-refractivity contribution in [3.63, 3.8) is 0 Å². The molecule has 142 valence electrons. The van der Waals surface area contributed by atoms with E-state index in [-0.39, 0.29) is 6.04 Å². The van der Waals surface area contributed by atoms with E-state index in [4.69, 9.17) is 4.74 Å². The maximum Gasteiger partial charge on any atom is 0.167 e. The van der Waals surface area contributed by atoms with Crippen molar-refractivity contribution in [1.29, 1.82) is 0 Å². The van der Waals surface area contributed by atoms with Gasteiger partial charge in [0.25, 0.3) is 0 Å². The van der Waals surface area contributed by atoms with Crippen molar-refractivity contribution >= 4 is 17.0 Å². The van der Waals surface area contributed by atoms with Crippen LogP contribution in [0.5, 0.6) is 0 Å². The van der Waals surface area contributed by atoms with Crippen molar-refractivity contribution in [2.24, 2.45) is 0 Å². The average molecular weight is 365 g/mol. The van der Waals surface area contributed by atoms with Crippen LogP contribution in [0.4, 0.5) is 5.82 Å². The molecule has 5 N–H and O–H groups in total. The van der Waals surface area contributed by atoms with Gasteiger partial charge < -0.3 is 30.5 Å². The highest BCUT2D eigenvalue weighted by Gasteiger charge is 2.44. The van der Waals surface area contributed by atoms with Gasteiger partial charge in [0.15, 0.2) is 23.2 Å². The van der Waals surface area contributed by atoms with Crippen LogP contribution in [0.2, 0.25) is 0 Å². The minimum Gasteiger partial charge on any atom is -0.394 e. The number of anilines is 1. The summed E-state index contributed by atoms with van der Waals surface area (Å²) >= 11 is 0. The molecule has 26 heavy (non-hydrogen) atoms. The number of nitrogens with zero attached hydrogens (tertiary/aromatic N) is 4. The first kappa shape index (κ1) is 17.6. The molecule has 0 bridgehead atoms. The minimum absolute atomic E-state index is 0.0964. The van der Waals surface area contributed by atoms with Crippen molar-refractivity contribution in [2.45, 2.75) is 62.4 Å². The summed E-state index contributed by atoms with van der Waals surface area (Å²) in [6.45, 7) is -0.400. The van der Waals surface area contributed by atoms with Gasteiger partial charge >= 0.3 is 0 Å². The molecule has 1 aliphatic heterocycles. The summed E-state index contributed by atoms with van der Waals surface area (Å²) in [6, 6.07) is -0.0964. The molecule has 3 heterocycles. The van der Waals surface area contributed by atoms with Gasteiger partial charge in [0.1, 0.15) is 24.6 Å². The van der Waals surface area contributed by atoms with E-state index in [2.05, 4.69) is 20.3 Å². The van der Waals surface area contributed by atoms with E-state index in [0.717, 1.165) is 25.7 Å². The lowest BCUT2D eigenvalue weighted by Gasteiger charge is -2.28. The Morgan fingerprint density at radius 2 is 1.92 bits per heavy atom. The topological polar surface area (TPSA) is 146 Å². The van der Waals surface area contributed by atoms with Crippen LogP contribution in [-0.2, 0) is 4.74 Å². The van der Waals surface area contributed by atoms with Gasteiger partial charge in [0.2, 0.25) is 0 Å². The van der Waals surface area contributed by atoms with Crippen molar-refractivity contribution in [3.8, 4) is 0 Å². The fourth-order valence-electron chi connectivity index (χ4n) is 3.71. The zero-order valence-corrected chi connectivity index (χ0v) is 14.1. The van der Waals surface area contributed by atoms with E-state index in [1.54, 1.807) is 0 Å². The molecule has 2 fully saturated rings. The summed E-state index contributed by atoms with van der Waals surface area (Å²) in [5, 5.41) is 42.9. The van der Waals surface area contributed by atoms with Crippen molar-refractivity contribution in [2.75, 3.05) is 11.9 Å². The highest BCUT2D eigenvalue weighted by atomic mass is 16.6. The summed E-state index contributed by atoms with van der Waals surface area (Å²) in [4.78, 5) is 12.8. The fraction of sp³-hybridized carbons (Fsp3) is 0.688. The molecule has 2 aromatic rings. The molecule has 0 amide bonds. The molecular weight excluding hydrogens is 342 g/mol. The number of aromatic nitrogens is 4. The Hall–Kier alpha value is -1.85. The Balaban J connectivity index is 1.63. The first-order valence-corrected chi connectivity index (χ1v) is 8.84. The molecule has 0 aromatic carbocycles. The monoisotopic (exact) mass is 365 g/mol. The van der Waals surface area contributed by atoms with Crippen LogP contribution in [0.15, 0.2) is 12.7 Å². The van der Waals surface area contributed by atoms with Crippen LogP contribution in [0.25, 0.3) is 11.2 Å². The van der Waals surface area contributed by atoms with Gasteiger partial charge in [-0.3, -0.25) is 4.57 Å². The highest BCUT2D eigenvalue weighted by Crippen LogP contribution is 2.32. The van der Waals surface area contributed by atoms with Gasteiger partial charge in [0, 0.05) is 0 Å². The number of hydrogen-bond donors (Lipinski definition) is 5. The van der Waals surface area contributed by atoms with Crippen LogP contribution in [-0.4, -0.2) is 77.0 Å². The zero-order valence-electron chi connectivity index (χ0n) is 14.1. The Labute approximate surface area is 149 Å². The van der Waals surface area contributed by atoms with Crippen LogP contribution < -0.4 is 5.32 Å². The third-order valence-corrected chi connectivity index (χ3v) is 5.20. The second kappa shape index (κ2) is 7.05. The molecule has 6 atom stereocenters. The molecule has 2 aliphatic rings. The van der Waals surface area contributed by atoms with E-state index in [1.807, 2.05) is 0 Å². The molecule has 1 aliphatic carbocycles. The summed E-state index contributed by atoms with van der Waals surface area (Å²) < 4.78 is 7.06. The van der Waals surface area contributed by atoms with E-state index >= 15 is 0 Å². The number of imidazole rings is 1. The van der Waals surface area contributed by atoms with Crippen molar-refractivity contribution in [1.82, 2.24) is 19.5 Å². The number of hydrogen-bond acceptors (Lipinski definition) is 9. The maximum absolute atomic E-state index is 10.2. The molecule has 0 radical (unpaired) electrons. The van der Waals surface area contributed by atoms with Crippen molar-refractivity contribution < 1.29 is 25.2 Å². The Morgan fingerprint density at radius 3 is 2.65 bits per heavy atom. The van der Waals surface area contributed by atoms with Crippen molar-refractivity contribution in [3.05, 3.63) is 12.7 Å². The maximum atomic E-state index is 10.2. The Kier molecular flexibility index (Phi) is 4.76. The quantitative estimate of drug-likeness (QED) is 0.468. The fourth-order valence-corrected chi connectivity index (χ4v) is 3.71. The molecule has 1 saturated heterocycles. The Bertz CT molecular complexity index is 771. The second-order valence-corrected chi connectivity index (χ2v) is 6.88. The Morgan fingerprint density at radius 1 is 1.12 bits per heavy atom. The number of nitrogens with one attached hydrogen (secondary N) is 1. The summed E-state index contributed by atoms with van der Waals surface area (Å²) in [6.07, 6.45) is 1.87. The van der Waals surface area contributed by atoms with E-state index in [1.165, 1.54) is 17.2 Å². The highest BCUT2D eigenvalue weighted by molar-refractivity contribution is 5.82. The molecule has 2 aromatic heterocycles. The molecule has 0 spiro atoms. The van der Waals surface area contributed by atoms with Gasteiger partial charge in [-0.15, -0.1) is 0 Å². The van der Waals surface area contributed by atoms with Gasteiger partial charge in [-0.25, -0.2) is 15.0 Å². The zero-order chi connectivity index (χ0) is 18.3. The summed E-state index contributed by atoms with van der Waals surface area (Å²) in [7, 11) is 0. The lowest BCUT2D eigenvalue weighted by atomic mass is 9.92. The van der Waals surface area contributed by atoms with Gasteiger partial charge in [0.05, 0.1) is 25.1 Å². The predicted molar refractivity (Wildman–Crippen MR) is 90.2 cm³/mol. The smallest absolute Gasteiger partial charge is 0.167 e. The van der Waals surface area contributed by atoms with E-state index in [9.17, 15) is 20.4 Å². The van der Waals surface area contributed by atoms with E-state index in [0.29, 0.717) is 17.0 Å². The number of ether oxygens (including phenoxy) is 1. The van der Waals surface area contributed by atoms with Crippen LogP contribution in [0.1, 0.15) is 31.9 Å². The molecule has 0 unspecified atom stereocenters. The number of rotatable bonds is 4. The third kappa shape index (κ3) is 2.93. The first-order chi connectivity index (χ1) is 12.6. The van der Waals surface area contributed by atoms with Crippen LogP contribution in [0.3, 0.4) is 0 Å². The predicted octanol–water partition coefficient (Wildman–Crippen LogP) is -0.847. The normalized spacial score (nSPS) is 35.1. The minimum atomic E-state index is -1.21. The molecule has 1 saturated carbocycles. The lowest BCUT2D eigenvalue weighted by molar-refractivity contribution is -0.0511. The van der Waals surface area contributed by atoms with Gasteiger partial charge in [-0.05, 0) is 12.8 Å². The third-order valence-electron chi connectivity index (χ3n) is 5.20. The summed E-state index contributed by atoms with van der Waals surface area (Å²) in [5.41, 5.74) is 0.922. The molecular formula is C16H23N5O5. The van der Waals surface area contributed by atoms with Crippen LogP contribution >= 0.6 is 0 Å². The first-order valence-electron chi connectivity index (χ1n) is 8.84. The van der Waals surface area contributed by atoms with Gasteiger partial charge in [-0.1, -0.05) is 12.8 Å². The standard InChI is InChI=1S/C16H23N5O5/c22-5-10-12(24)13(25)16(26-10)21-7-19-11-14(17-6-18-15(11)21)20-8-3-1-2-4-9(8)23/h6-10,12-13,16,22-25H,1-5H2,(H,17,18,20)/t8-,9-,10+,12+,13+,16+/m0/s1. The lowest BCUT2D eigenvalue weighted by Crippen LogP contribution is -2.36. The summed E-state index contributed by atoms with van der Waals surface area (Å²) in [5.74, 6) is 0.506.